The van der Waals surface area contributed by atoms with Crippen LogP contribution in [0.5, 0.6) is 11.8 Å². The maximum Gasteiger partial charge on any atom is 0.319 e. The third-order valence-corrected chi connectivity index (χ3v) is 28.0. The van der Waals surface area contributed by atoms with Crippen LogP contribution in [0.2, 0.25) is 33.2 Å². The Labute approximate surface area is 389 Å². The maximum absolute atomic E-state index is 18.2. The van der Waals surface area contributed by atoms with E-state index >= 15 is 13.2 Å². The molecule has 7 rings (SSSR count). The molecule has 3 saturated heterocycles. The van der Waals surface area contributed by atoms with Gasteiger partial charge in [0.1, 0.15) is 43.4 Å². The number of hydrogen-bond acceptors (Lipinski definition) is 7. The molecule has 352 valence electrons. The molecule has 1 unspecified atom stereocenters. The molecule has 0 amide bonds. The van der Waals surface area contributed by atoms with Crippen molar-refractivity contribution in [2.24, 2.45) is 0 Å². The van der Waals surface area contributed by atoms with Gasteiger partial charge in [-0.05, 0) is 102 Å². The summed E-state index contributed by atoms with van der Waals surface area (Å²) in [5.74, 6) is 2.15. The van der Waals surface area contributed by atoms with Gasteiger partial charge < -0.3 is 19.4 Å². The molecule has 12 heteroatoms. The summed E-state index contributed by atoms with van der Waals surface area (Å²) in [5, 5.41) is 4.90. The summed E-state index contributed by atoms with van der Waals surface area (Å²) in [6.45, 7) is 35.9. The fraction of sp³-hybridized carbons (Fsp3) is 0.585. The topological polar surface area (TPSA) is 62.8 Å². The van der Waals surface area contributed by atoms with Crippen molar-refractivity contribution in [3.05, 3.63) is 66.0 Å². The molecule has 3 aliphatic heterocycles. The highest BCUT2D eigenvalue weighted by atomic mass is 28.4. The van der Waals surface area contributed by atoms with Crippen LogP contribution in [-0.2, 0) is 0 Å². The minimum Gasteiger partial charge on any atom is -0.543 e. The number of hydrogen-bond donors (Lipinski definition) is 1. The van der Waals surface area contributed by atoms with Crippen molar-refractivity contribution in [2.75, 3.05) is 37.7 Å². The average Bonchev–Trinajstić information content (AvgIpc) is 3.78. The monoisotopic (exact) mass is 926 g/mol. The second-order valence-electron chi connectivity index (χ2n) is 21.5. The number of fused-ring (bicyclic) bond motifs is 4. The van der Waals surface area contributed by atoms with E-state index in [2.05, 4.69) is 123 Å². The first kappa shape index (κ1) is 49.0. The Morgan fingerprint density at radius 3 is 2.08 bits per heavy atom. The molecule has 3 aliphatic rings. The summed E-state index contributed by atoms with van der Waals surface area (Å²) >= 11 is 0. The molecule has 0 radical (unpaired) electrons. The summed E-state index contributed by atoms with van der Waals surface area (Å²) in [6.07, 6.45) is 5.89. The molecule has 3 aromatic carbocycles. The minimum absolute atomic E-state index is 0.0417. The highest BCUT2D eigenvalue weighted by Crippen LogP contribution is 2.47. The third kappa shape index (κ3) is 8.89. The molecule has 2 bridgehead atoms. The fourth-order valence-corrected chi connectivity index (χ4v) is 23.0. The molecule has 0 saturated carbocycles. The summed E-state index contributed by atoms with van der Waals surface area (Å²) in [6, 6.07) is 8.66. The van der Waals surface area contributed by atoms with Crippen molar-refractivity contribution in [3.63, 3.8) is 0 Å². The summed E-state index contributed by atoms with van der Waals surface area (Å²) in [4.78, 5) is 14.2. The highest BCUT2D eigenvalue weighted by molar-refractivity contribution is 6.90. The number of benzene rings is 3. The van der Waals surface area contributed by atoms with Gasteiger partial charge in [0.25, 0.3) is 8.32 Å². The van der Waals surface area contributed by atoms with Crippen LogP contribution in [0.15, 0.2) is 43.0 Å². The molecule has 3 atom stereocenters. The van der Waals surface area contributed by atoms with Crippen LogP contribution in [0.25, 0.3) is 32.8 Å². The number of nitrogens with zero attached hydrogens (tertiary/aromatic N) is 4. The van der Waals surface area contributed by atoms with E-state index in [0.29, 0.717) is 58.7 Å². The quantitative estimate of drug-likeness (QED) is 0.0724. The molecule has 7 nitrogen and oxygen atoms in total. The number of piperazine rings is 1. The van der Waals surface area contributed by atoms with E-state index in [0.717, 1.165) is 38.8 Å². The molecule has 0 aliphatic carbocycles. The predicted molar refractivity (Wildman–Crippen MR) is 269 cm³/mol. The zero-order chi connectivity index (χ0) is 47.3. The Hall–Kier alpha value is -3.90. The van der Waals surface area contributed by atoms with Gasteiger partial charge in [-0.15, -0.1) is 12.1 Å². The zero-order valence-electron chi connectivity index (χ0n) is 41.4. The number of rotatable bonds is 15. The van der Waals surface area contributed by atoms with Crippen molar-refractivity contribution in [1.82, 2.24) is 20.2 Å². The SMILES string of the molecule is C=CCN1CCCC1(C)COc1nc(N2C[C@H]3CC[C@@H](C2)N3)c2cc(F)c(-c3cc(O[Si](C(C)C)(C(C)C)C(C)C)cc4ccc(F)c(C#C[Si](C(C)C)(C(C)C)C(C)C)c34)c(F)c2n1. The van der Waals surface area contributed by atoms with E-state index in [1.54, 1.807) is 12.1 Å². The van der Waals surface area contributed by atoms with Gasteiger partial charge >= 0.3 is 6.01 Å². The van der Waals surface area contributed by atoms with Crippen molar-refractivity contribution >= 4 is 43.9 Å². The smallest absolute Gasteiger partial charge is 0.319 e. The highest BCUT2D eigenvalue weighted by Gasteiger charge is 2.47. The second kappa shape index (κ2) is 19.0. The number of likely N-dealkylation sites (tertiary alicyclic amines) is 1. The van der Waals surface area contributed by atoms with Crippen LogP contribution in [0, 0.1) is 28.9 Å². The first-order chi connectivity index (χ1) is 30.7. The van der Waals surface area contributed by atoms with Gasteiger partial charge in [0.05, 0.1) is 16.7 Å². The molecular formula is C53H74F3N5O2Si2. The van der Waals surface area contributed by atoms with E-state index in [4.69, 9.17) is 19.1 Å². The predicted octanol–water partition coefficient (Wildman–Crippen LogP) is 13.4. The van der Waals surface area contributed by atoms with Crippen LogP contribution in [0.3, 0.4) is 0 Å². The lowest BCUT2D eigenvalue weighted by atomic mass is 9.92. The van der Waals surface area contributed by atoms with Gasteiger partial charge in [-0.3, -0.25) is 4.90 Å². The lowest BCUT2D eigenvalue weighted by Gasteiger charge is -2.42. The first-order valence-electron chi connectivity index (χ1n) is 24.4. The lowest BCUT2D eigenvalue weighted by molar-refractivity contribution is 0.0960. The Bertz CT molecular complexity index is 2430. The van der Waals surface area contributed by atoms with Gasteiger partial charge in [0.2, 0.25) is 0 Å². The third-order valence-electron chi connectivity index (χ3n) is 15.7. The van der Waals surface area contributed by atoms with Crippen molar-refractivity contribution in [3.8, 4) is 34.4 Å². The van der Waals surface area contributed by atoms with E-state index in [-0.39, 0.29) is 67.8 Å². The van der Waals surface area contributed by atoms with Gasteiger partial charge in [0.15, 0.2) is 5.82 Å². The summed E-state index contributed by atoms with van der Waals surface area (Å²) in [5.41, 5.74) is 4.97. The van der Waals surface area contributed by atoms with Crippen molar-refractivity contribution in [1.29, 1.82) is 0 Å². The molecular weight excluding hydrogens is 852 g/mol. The Balaban J connectivity index is 1.51. The average molecular weight is 926 g/mol. The fourth-order valence-electron chi connectivity index (χ4n) is 12.6. The number of anilines is 1. The summed E-state index contributed by atoms with van der Waals surface area (Å²) < 4.78 is 66.2. The number of aromatic nitrogens is 2. The molecule has 1 N–H and O–H groups in total. The number of nitrogens with one attached hydrogen (secondary N) is 1. The summed E-state index contributed by atoms with van der Waals surface area (Å²) in [7, 11) is -4.94. The molecule has 3 fully saturated rings. The van der Waals surface area contributed by atoms with Gasteiger partial charge in [0, 0.05) is 48.1 Å². The Morgan fingerprint density at radius 2 is 1.49 bits per heavy atom. The number of halogens is 3. The minimum atomic E-state index is -2.57. The van der Waals surface area contributed by atoms with E-state index in [9.17, 15) is 0 Å². The van der Waals surface area contributed by atoms with Gasteiger partial charge in [-0.2, -0.15) is 9.97 Å². The second-order valence-corrected chi connectivity index (χ2v) is 32.5. The van der Waals surface area contributed by atoms with E-state index in [1.165, 1.54) is 12.1 Å². The van der Waals surface area contributed by atoms with Gasteiger partial charge in [-0.1, -0.05) is 101 Å². The Morgan fingerprint density at radius 1 is 0.862 bits per heavy atom. The van der Waals surface area contributed by atoms with Crippen LogP contribution >= 0.6 is 0 Å². The normalized spacial score (nSPS) is 20.7. The molecule has 65 heavy (non-hydrogen) atoms. The molecule has 4 heterocycles. The molecule has 0 spiro atoms. The van der Waals surface area contributed by atoms with Crippen LogP contribution in [0.1, 0.15) is 121 Å². The van der Waals surface area contributed by atoms with Crippen LogP contribution in [-0.4, -0.2) is 81.7 Å². The first-order valence-corrected chi connectivity index (χ1v) is 28.7. The molecule has 1 aromatic heterocycles. The largest absolute Gasteiger partial charge is 0.543 e. The zero-order valence-corrected chi connectivity index (χ0v) is 43.4. The standard InChI is InChI=1S/C53H74F3N5O2Si2/c1-15-23-61-24-16-22-53(61,14)31-62-52-58-50-44(51(59-52)60-29-39-18-19-40(30-60)57-39)28-46(55)48(49(50)56)43-27-41(63-65(35(8)9,36(10)11)37(12)13)26-38-17-20-45(54)42(47(38)43)21-25-64(32(2)3,33(4)5)34(6)7/h15,17,20,26-28,32-37,39-40,57H,1,16,18-19,22-24,29-31H2,2-14H3/t39-,40+,53?. The van der Waals surface area contributed by atoms with E-state index < -0.39 is 33.8 Å². The van der Waals surface area contributed by atoms with E-state index in [1.807, 2.05) is 12.1 Å². The van der Waals surface area contributed by atoms with Crippen LogP contribution in [0.4, 0.5) is 19.0 Å². The van der Waals surface area contributed by atoms with Crippen molar-refractivity contribution < 1.29 is 22.3 Å². The number of ether oxygens (including phenoxy) is 1. The van der Waals surface area contributed by atoms with Crippen molar-refractivity contribution in [2.45, 2.75) is 167 Å². The lowest BCUT2D eigenvalue weighted by Crippen LogP contribution is -2.51. The molecule has 4 aromatic rings. The Kier molecular flexibility index (Phi) is 14.3. The van der Waals surface area contributed by atoms with Gasteiger partial charge in [-0.25, -0.2) is 13.2 Å². The van der Waals surface area contributed by atoms with Crippen LogP contribution < -0.4 is 19.4 Å². The maximum atomic E-state index is 18.2.